The van der Waals surface area contributed by atoms with E-state index in [1.54, 1.807) is 0 Å². The fraction of sp³-hybridized carbons (Fsp3) is 0.167. The molecule has 0 amide bonds. The molecule has 5 heteroatoms. The molecule has 3 rings (SSSR count). The molecule has 86 valence electrons. The van der Waals surface area contributed by atoms with E-state index in [1.807, 2.05) is 37.3 Å². The van der Waals surface area contributed by atoms with Crippen molar-refractivity contribution in [1.29, 1.82) is 0 Å². The Morgan fingerprint density at radius 2 is 2.18 bits per heavy atom. The minimum Gasteiger partial charge on any atom is -0.431 e. The summed E-state index contributed by atoms with van der Waals surface area (Å²) in [5.41, 5.74) is 2.57. The van der Waals surface area contributed by atoms with Crippen LogP contribution in [0.1, 0.15) is 11.5 Å². The molecule has 3 aromatic rings. The predicted octanol–water partition coefficient (Wildman–Crippen LogP) is 3.42. The highest BCUT2D eigenvalue weighted by Gasteiger charge is 2.07. The lowest BCUT2D eigenvalue weighted by molar-refractivity contribution is 0.390. The zero-order chi connectivity index (χ0) is 11.7. The van der Waals surface area contributed by atoms with Crippen molar-refractivity contribution in [3.05, 3.63) is 41.8 Å². The molecule has 2 aromatic heterocycles. The molecule has 0 N–H and O–H groups in total. The second-order valence-electron chi connectivity index (χ2n) is 3.67. The van der Waals surface area contributed by atoms with Gasteiger partial charge in [-0.15, -0.1) is 0 Å². The molecule has 0 aliphatic rings. The number of nitrogens with zero attached hydrogens (tertiary/aromatic N) is 2. The van der Waals surface area contributed by atoms with Crippen molar-refractivity contribution in [2.45, 2.75) is 17.9 Å². The number of rotatable bonds is 3. The van der Waals surface area contributed by atoms with E-state index in [4.69, 9.17) is 8.94 Å². The van der Waals surface area contributed by atoms with Crippen molar-refractivity contribution in [3.63, 3.8) is 0 Å². The van der Waals surface area contributed by atoms with E-state index in [1.165, 1.54) is 11.8 Å². The number of benzene rings is 1. The number of hydrogen-bond donors (Lipinski definition) is 0. The van der Waals surface area contributed by atoms with Gasteiger partial charge in [0, 0.05) is 6.07 Å². The molecule has 0 aliphatic heterocycles. The van der Waals surface area contributed by atoms with Crippen LogP contribution in [0.2, 0.25) is 0 Å². The molecular weight excluding hydrogens is 236 g/mol. The molecule has 0 radical (unpaired) electrons. The van der Waals surface area contributed by atoms with E-state index < -0.39 is 0 Å². The van der Waals surface area contributed by atoms with Crippen molar-refractivity contribution >= 4 is 22.9 Å². The van der Waals surface area contributed by atoms with Crippen LogP contribution < -0.4 is 0 Å². The number of aryl methyl sites for hydroxylation is 1. The first-order valence-corrected chi connectivity index (χ1v) is 6.20. The molecule has 0 saturated heterocycles. The Kier molecular flexibility index (Phi) is 2.60. The number of oxazole rings is 1. The molecule has 4 nitrogen and oxygen atoms in total. The maximum atomic E-state index is 5.59. The fourth-order valence-electron chi connectivity index (χ4n) is 1.53. The quantitative estimate of drug-likeness (QED) is 0.663. The minimum absolute atomic E-state index is 0.653. The van der Waals surface area contributed by atoms with Gasteiger partial charge in [-0.25, -0.2) is 4.98 Å². The smallest absolute Gasteiger partial charge is 0.257 e. The molecule has 0 bridgehead atoms. The Morgan fingerprint density at radius 1 is 1.29 bits per heavy atom. The number of fused-ring (bicyclic) bond motifs is 1. The van der Waals surface area contributed by atoms with Crippen molar-refractivity contribution in [1.82, 2.24) is 10.1 Å². The average Bonchev–Trinajstić information content (AvgIpc) is 2.91. The van der Waals surface area contributed by atoms with Gasteiger partial charge in [-0.05, 0) is 19.1 Å². The van der Waals surface area contributed by atoms with E-state index in [2.05, 4.69) is 10.1 Å². The van der Waals surface area contributed by atoms with Gasteiger partial charge in [0.2, 0.25) is 0 Å². The Bertz CT molecular complexity index is 612. The first kappa shape index (κ1) is 10.4. The number of thioether (sulfide) groups is 1. The predicted molar refractivity (Wildman–Crippen MR) is 64.8 cm³/mol. The number of aromatic nitrogens is 2. The summed E-state index contributed by atoms with van der Waals surface area (Å²) in [4.78, 5) is 4.37. The highest BCUT2D eigenvalue weighted by Crippen LogP contribution is 2.26. The lowest BCUT2D eigenvalue weighted by Crippen LogP contribution is -1.75. The fourth-order valence-corrected chi connectivity index (χ4v) is 2.24. The monoisotopic (exact) mass is 246 g/mol. The lowest BCUT2D eigenvalue weighted by Gasteiger charge is -1.90. The van der Waals surface area contributed by atoms with Gasteiger partial charge in [-0.3, -0.25) is 0 Å². The Balaban J connectivity index is 1.76. The van der Waals surface area contributed by atoms with Crippen LogP contribution in [0, 0.1) is 6.92 Å². The second kappa shape index (κ2) is 4.25. The number of para-hydroxylation sites is 2. The molecular formula is C12H10N2O2S. The Hall–Kier alpha value is -1.75. The molecule has 0 unspecified atom stereocenters. The first-order chi connectivity index (χ1) is 8.31. The maximum absolute atomic E-state index is 5.59. The van der Waals surface area contributed by atoms with Crippen LogP contribution in [0.3, 0.4) is 0 Å². The molecule has 1 aromatic carbocycles. The molecule has 0 atom stereocenters. The zero-order valence-corrected chi connectivity index (χ0v) is 10.0. The van der Waals surface area contributed by atoms with Gasteiger partial charge in [-0.2, -0.15) is 0 Å². The Labute approximate surface area is 102 Å². The summed E-state index contributed by atoms with van der Waals surface area (Å²) in [7, 11) is 0. The summed E-state index contributed by atoms with van der Waals surface area (Å²) in [6.07, 6.45) is 0. The summed E-state index contributed by atoms with van der Waals surface area (Å²) in [6, 6.07) is 9.63. The van der Waals surface area contributed by atoms with Crippen LogP contribution in [-0.2, 0) is 5.75 Å². The molecule has 0 aliphatic carbocycles. The third-order valence-electron chi connectivity index (χ3n) is 2.29. The molecule has 17 heavy (non-hydrogen) atoms. The average molecular weight is 246 g/mol. The normalized spacial score (nSPS) is 11.1. The van der Waals surface area contributed by atoms with Gasteiger partial charge < -0.3 is 8.94 Å². The molecule has 0 fully saturated rings. The second-order valence-corrected chi connectivity index (χ2v) is 4.60. The van der Waals surface area contributed by atoms with Gasteiger partial charge in [0.15, 0.2) is 5.58 Å². The van der Waals surface area contributed by atoms with Gasteiger partial charge in [-0.1, -0.05) is 29.1 Å². The first-order valence-electron chi connectivity index (χ1n) is 5.22. The van der Waals surface area contributed by atoms with Gasteiger partial charge in [0.05, 0.1) is 11.4 Å². The number of hydrogen-bond acceptors (Lipinski definition) is 5. The van der Waals surface area contributed by atoms with Crippen LogP contribution in [0.25, 0.3) is 11.1 Å². The van der Waals surface area contributed by atoms with Gasteiger partial charge in [0.1, 0.15) is 11.3 Å². The van der Waals surface area contributed by atoms with Crippen LogP contribution >= 0.6 is 11.8 Å². The van der Waals surface area contributed by atoms with Crippen molar-refractivity contribution in [3.8, 4) is 0 Å². The van der Waals surface area contributed by atoms with E-state index >= 15 is 0 Å². The van der Waals surface area contributed by atoms with E-state index in [0.717, 1.165) is 22.6 Å². The third kappa shape index (κ3) is 2.19. The summed E-state index contributed by atoms with van der Waals surface area (Å²) in [6.45, 7) is 1.90. The maximum Gasteiger partial charge on any atom is 0.257 e. The van der Waals surface area contributed by atoms with Crippen LogP contribution in [0.15, 0.2) is 44.5 Å². The van der Waals surface area contributed by atoms with Gasteiger partial charge in [0.25, 0.3) is 5.22 Å². The van der Waals surface area contributed by atoms with Crippen molar-refractivity contribution < 1.29 is 8.94 Å². The van der Waals surface area contributed by atoms with Crippen molar-refractivity contribution in [2.24, 2.45) is 0 Å². The highest BCUT2D eigenvalue weighted by atomic mass is 32.2. The largest absolute Gasteiger partial charge is 0.431 e. The Morgan fingerprint density at radius 3 is 2.94 bits per heavy atom. The summed E-state index contributed by atoms with van der Waals surface area (Å²) in [5.74, 6) is 1.50. The molecule has 0 saturated carbocycles. The summed E-state index contributed by atoms with van der Waals surface area (Å²) >= 11 is 1.50. The van der Waals surface area contributed by atoms with Gasteiger partial charge >= 0.3 is 0 Å². The van der Waals surface area contributed by atoms with E-state index in [9.17, 15) is 0 Å². The summed E-state index contributed by atoms with van der Waals surface area (Å²) in [5, 5.41) is 4.49. The summed E-state index contributed by atoms with van der Waals surface area (Å²) < 4.78 is 10.7. The molecule has 2 heterocycles. The van der Waals surface area contributed by atoms with Crippen LogP contribution in [-0.4, -0.2) is 10.1 Å². The van der Waals surface area contributed by atoms with Crippen LogP contribution in [0.4, 0.5) is 0 Å². The van der Waals surface area contributed by atoms with Crippen LogP contribution in [0.5, 0.6) is 0 Å². The van der Waals surface area contributed by atoms with Crippen molar-refractivity contribution in [2.75, 3.05) is 0 Å². The van der Waals surface area contributed by atoms with E-state index in [0.29, 0.717) is 11.0 Å². The standard InChI is InChI=1S/C12H10N2O2S/c1-8-6-9(16-14-8)7-17-12-13-10-4-2-3-5-11(10)15-12/h2-6H,7H2,1H3. The topological polar surface area (TPSA) is 52.1 Å². The highest BCUT2D eigenvalue weighted by molar-refractivity contribution is 7.98. The van der Waals surface area contributed by atoms with E-state index in [-0.39, 0.29) is 0 Å². The minimum atomic E-state index is 0.653. The molecule has 0 spiro atoms. The SMILES string of the molecule is Cc1cc(CSc2nc3ccccc3o2)on1. The zero-order valence-electron chi connectivity index (χ0n) is 9.21. The third-order valence-corrected chi connectivity index (χ3v) is 3.14. The lowest BCUT2D eigenvalue weighted by atomic mass is 10.3.